The van der Waals surface area contributed by atoms with Crippen LogP contribution in [0, 0.1) is 0 Å². The molecule has 4 heteroatoms. The highest BCUT2D eigenvalue weighted by atomic mass is 32.1. The van der Waals surface area contributed by atoms with Gasteiger partial charge in [0, 0.05) is 16.4 Å². The quantitative estimate of drug-likeness (QED) is 0.628. The second kappa shape index (κ2) is 6.09. The van der Waals surface area contributed by atoms with E-state index in [0.717, 1.165) is 0 Å². The van der Waals surface area contributed by atoms with Crippen molar-refractivity contribution in [3.8, 4) is 0 Å². The highest BCUT2D eigenvalue weighted by Crippen LogP contribution is 2.30. The third-order valence-corrected chi connectivity index (χ3v) is 7.66. The van der Waals surface area contributed by atoms with E-state index in [2.05, 4.69) is 70.2 Å². The topological polar surface area (TPSA) is 12.9 Å². The smallest absolute Gasteiger partial charge is 0.128 e. The van der Waals surface area contributed by atoms with Gasteiger partial charge in [-0.15, -0.1) is 11.3 Å². The minimum absolute atomic E-state index is 1.23. The largest absolute Gasteiger partial charge is 0.266 e. The van der Waals surface area contributed by atoms with Gasteiger partial charge in [0.1, 0.15) is 8.07 Å². The Kier molecular flexibility index (Phi) is 4.19. The van der Waals surface area contributed by atoms with Gasteiger partial charge in [0.15, 0.2) is 0 Å². The molecule has 0 aliphatic heterocycles. The van der Waals surface area contributed by atoms with Crippen LogP contribution in [0.3, 0.4) is 0 Å². The van der Waals surface area contributed by atoms with E-state index in [-0.39, 0.29) is 0 Å². The van der Waals surface area contributed by atoms with Crippen molar-refractivity contribution in [1.82, 2.24) is 4.98 Å². The van der Waals surface area contributed by atoms with Gasteiger partial charge in [-0.05, 0) is 51.5 Å². The molecular formula is C17H17NS2Si. The number of thiophene rings is 2. The molecule has 0 saturated heterocycles. The van der Waals surface area contributed by atoms with Crippen LogP contribution in [0.1, 0.15) is 10.4 Å². The second-order valence-electron chi connectivity index (χ2n) is 5.48. The van der Waals surface area contributed by atoms with Gasteiger partial charge < -0.3 is 0 Å². The van der Waals surface area contributed by atoms with Gasteiger partial charge in [-0.3, -0.25) is 4.98 Å². The van der Waals surface area contributed by atoms with Crippen molar-refractivity contribution < 1.29 is 0 Å². The lowest BCUT2D eigenvalue weighted by Crippen LogP contribution is -2.41. The summed E-state index contributed by atoms with van der Waals surface area (Å²) in [4.78, 5) is 5.93. The van der Waals surface area contributed by atoms with Gasteiger partial charge >= 0.3 is 0 Å². The summed E-state index contributed by atoms with van der Waals surface area (Å²) >= 11 is 3.55. The maximum absolute atomic E-state index is 4.59. The molecule has 3 aromatic rings. The van der Waals surface area contributed by atoms with E-state index >= 15 is 0 Å². The van der Waals surface area contributed by atoms with E-state index < -0.39 is 8.07 Å². The highest BCUT2D eigenvalue weighted by molar-refractivity contribution is 7.11. The summed E-state index contributed by atoms with van der Waals surface area (Å²) in [5, 5.41) is 7.75. The first-order valence-electron chi connectivity index (χ1n) is 6.88. The van der Waals surface area contributed by atoms with E-state index in [1.165, 1.54) is 21.3 Å². The third-order valence-electron chi connectivity index (χ3n) is 3.45. The van der Waals surface area contributed by atoms with Crippen molar-refractivity contribution in [1.29, 1.82) is 0 Å². The highest BCUT2D eigenvalue weighted by Gasteiger charge is 2.24. The second-order valence-corrected chi connectivity index (χ2v) is 11.5. The molecule has 0 aliphatic rings. The molecule has 0 bridgehead atoms. The zero-order chi connectivity index (χ0) is 14.7. The number of hydrogen-bond acceptors (Lipinski definition) is 3. The predicted octanol–water partition coefficient (Wildman–Crippen LogP) is 4.79. The summed E-state index contributed by atoms with van der Waals surface area (Å²) in [5.74, 6) is 0. The molecule has 0 aliphatic carbocycles. The molecule has 0 atom stereocenters. The van der Waals surface area contributed by atoms with Gasteiger partial charge in [0.05, 0.1) is 0 Å². The maximum atomic E-state index is 4.59. The first-order valence-corrected chi connectivity index (χ1v) is 11.8. The summed E-state index contributed by atoms with van der Waals surface area (Å²) in [7, 11) is -1.72. The first kappa shape index (κ1) is 14.4. The molecule has 0 aromatic carbocycles. The molecule has 3 aromatic heterocycles. The average Bonchev–Trinajstić information content (AvgIpc) is 3.19. The fourth-order valence-corrected chi connectivity index (χ4v) is 5.97. The lowest BCUT2D eigenvalue weighted by molar-refractivity contribution is 1.37. The van der Waals surface area contributed by atoms with Gasteiger partial charge in [0.25, 0.3) is 0 Å². The van der Waals surface area contributed by atoms with Crippen LogP contribution in [-0.2, 0) is 0 Å². The molecule has 0 spiro atoms. The van der Waals surface area contributed by atoms with E-state index in [1.807, 2.05) is 12.3 Å². The molecule has 3 heterocycles. The normalized spacial score (nSPS) is 12.6. The number of pyridine rings is 1. The zero-order valence-electron chi connectivity index (χ0n) is 12.1. The SMILES string of the molecule is C[Si](C)(/C=C(\c1ccsc1)c1cccs1)c1ccccn1. The minimum Gasteiger partial charge on any atom is -0.266 e. The summed E-state index contributed by atoms with van der Waals surface area (Å²) in [6.45, 7) is 4.71. The van der Waals surface area contributed by atoms with Gasteiger partial charge in [-0.2, -0.15) is 11.3 Å². The fraction of sp³-hybridized carbons (Fsp3) is 0.118. The predicted molar refractivity (Wildman–Crippen MR) is 97.1 cm³/mol. The molecule has 0 amide bonds. The van der Waals surface area contributed by atoms with E-state index in [9.17, 15) is 0 Å². The zero-order valence-corrected chi connectivity index (χ0v) is 14.7. The molecule has 0 fully saturated rings. The lowest BCUT2D eigenvalue weighted by atomic mass is 10.1. The van der Waals surface area contributed by atoms with Gasteiger partial charge in [-0.25, -0.2) is 0 Å². The van der Waals surface area contributed by atoms with Gasteiger partial charge in [-0.1, -0.05) is 30.9 Å². The Balaban J connectivity index is 2.08. The van der Waals surface area contributed by atoms with Crippen molar-refractivity contribution in [2.24, 2.45) is 0 Å². The first-order chi connectivity index (χ1) is 10.2. The number of aromatic nitrogens is 1. The van der Waals surface area contributed by atoms with Crippen molar-refractivity contribution in [3.63, 3.8) is 0 Å². The van der Waals surface area contributed by atoms with E-state index in [0.29, 0.717) is 0 Å². The van der Waals surface area contributed by atoms with Crippen LogP contribution in [-0.4, -0.2) is 13.1 Å². The standard InChI is InChI=1S/C17H17NS2Si/c1-21(2,17-7-3-4-9-18-17)13-15(14-8-11-19-12-14)16-6-5-10-20-16/h3-13H,1-2H3/b15-13+. The summed E-state index contributed by atoms with van der Waals surface area (Å²) in [5.41, 5.74) is 5.15. The Hall–Kier alpha value is -1.49. The average molecular weight is 328 g/mol. The Morgan fingerprint density at radius 1 is 1.10 bits per heavy atom. The van der Waals surface area contributed by atoms with Crippen molar-refractivity contribution in [3.05, 3.63) is 74.9 Å². The van der Waals surface area contributed by atoms with Crippen molar-refractivity contribution in [2.75, 3.05) is 0 Å². The van der Waals surface area contributed by atoms with Crippen LogP contribution in [0.15, 0.2) is 64.4 Å². The van der Waals surface area contributed by atoms with Crippen molar-refractivity contribution >= 4 is 41.6 Å². The molecule has 0 N–H and O–H groups in total. The van der Waals surface area contributed by atoms with Crippen LogP contribution < -0.4 is 5.32 Å². The molecular weight excluding hydrogens is 310 g/mol. The molecule has 0 saturated carbocycles. The maximum Gasteiger partial charge on any atom is 0.128 e. The number of rotatable bonds is 4. The monoisotopic (exact) mass is 327 g/mol. The summed E-state index contributed by atoms with van der Waals surface area (Å²) in [6.07, 6.45) is 1.90. The Labute approximate surface area is 134 Å². The molecule has 1 nitrogen and oxygen atoms in total. The number of nitrogens with zero attached hydrogens (tertiary/aromatic N) is 1. The summed E-state index contributed by atoms with van der Waals surface area (Å²) in [6, 6.07) is 12.8. The number of hydrogen-bond donors (Lipinski definition) is 0. The molecule has 3 rings (SSSR count). The Morgan fingerprint density at radius 3 is 2.62 bits per heavy atom. The van der Waals surface area contributed by atoms with Crippen LogP contribution in [0.25, 0.3) is 5.57 Å². The van der Waals surface area contributed by atoms with Crippen LogP contribution in [0.2, 0.25) is 13.1 Å². The lowest BCUT2D eigenvalue weighted by Gasteiger charge is -2.19. The fourth-order valence-electron chi connectivity index (χ4n) is 2.32. The Morgan fingerprint density at radius 2 is 2.00 bits per heavy atom. The van der Waals surface area contributed by atoms with Crippen molar-refractivity contribution in [2.45, 2.75) is 13.1 Å². The van der Waals surface area contributed by atoms with Crippen LogP contribution >= 0.6 is 22.7 Å². The summed E-state index contributed by atoms with van der Waals surface area (Å²) < 4.78 is 0. The van der Waals surface area contributed by atoms with E-state index in [4.69, 9.17) is 0 Å². The Bertz CT molecular complexity index is 677. The molecule has 21 heavy (non-hydrogen) atoms. The van der Waals surface area contributed by atoms with Crippen LogP contribution in [0.5, 0.6) is 0 Å². The van der Waals surface area contributed by atoms with Crippen LogP contribution in [0.4, 0.5) is 0 Å². The van der Waals surface area contributed by atoms with Gasteiger partial charge in [0.2, 0.25) is 0 Å². The molecule has 0 unspecified atom stereocenters. The molecule has 0 radical (unpaired) electrons. The minimum atomic E-state index is -1.72. The third kappa shape index (κ3) is 3.23. The van der Waals surface area contributed by atoms with E-state index in [1.54, 1.807) is 22.7 Å². The molecule has 106 valence electrons.